The van der Waals surface area contributed by atoms with Gasteiger partial charge in [-0.15, -0.1) is 0 Å². The monoisotopic (exact) mass is 346 g/mol. The second-order valence-electron chi connectivity index (χ2n) is 5.52. The van der Waals surface area contributed by atoms with Gasteiger partial charge < -0.3 is 5.32 Å². The van der Waals surface area contributed by atoms with Gasteiger partial charge in [-0.2, -0.15) is 0 Å². The molecule has 24 heavy (non-hydrogen) atoms. The van der Waals surface area contributed by atoms with Crippen molar-refractivity contribution in [3.8, 4) is 0 Å². The van der Waals surface area contributed by atoms with Crippen molar-refractivity contribution in [2.75, 3.05) is 19.3 Å². The smallest absolute Gasteiger partial charge is 0.233 e. The van der Waals surface area contributed by atoms with Crippen LogP contribution in [0.5, 0.6) is 0 Å². The molecule has 0 spiro atoms. The molecule has 1 atom stereocenters. The first kappa shape index (κ1) is 18.2. The van der Waals surface area contributed by atoms with Crippen molar-refractivity contribution < 1.29 is 13.2 Å². The summed E-state index contributed by atoms with van der Waals surface area (Å²) in [5, 5.41) is 5.95. The second kappa shape index (κ2) is 8.08. The quantitative estimate of drug-likeness (QED) is 0.803. The molecule has 128 valence electrons. The molecule has 0 aliphatic rings. The number of benzene rings is 2. The molecule has 1 amide bonds. The van der Waals surface area contributed by atoms with Gasteiger partial charge >= 0.3 is 0 Å². The van der Waals surface area contributed by atoms with E-state index in [-0.39, 0.29) is 23.4 Å². The van der Waals surface area contributed by atoms with Crippen LogP contribution in [-0.2, 0) is 14.6 Å². The Morgan fingerprint density at radius 1 is 1.04 bits per heavy atom. The standard InChI is InChI=1S/C18H22N2O3S/c1-3-19-17(21)13-20-18(14-8-5-4-6-9-14)15-10-7-11-16(12-15)24(2,22)23/h4-12,18,20H,3,13H2,1-2H3,(H,19,21). The zero-order valence-corrected chi connectivity index (χ0v) is 14.6. The number of carbonyl (C=O) groups is 1. The zero-order valence-electron chi connectivity index (χ0n) is 13.8. The predicted octanol–water partition coefficient (Wildman–Crippen LogP) is 1.91. The van der Waals surface area contributed by atoms with Gasteiger partial charge in [0.15, 0.2) is 9.84 Å². The van der Waals surface area contributed by atoms with E-state index in [9.17, 15) is 13.2 Å². The van der Waals surface area contributed by atoms with Crippen molar-refractivity contribution in [1.29, 1.82) is 0 Å². The van der Waals surface area contributed by atoms with Gasteiger partial charge in [-0.05, 0) is 30.2 Å². The molecule has 0 radical (unpaired) electrons. The summed E-state index contributed by atoms with van der Waals surface area (Å²) in [6, 6.07) is 16.2. The van der Waals surface area contributed by atoms with Crippen LogP contribution in [0.4, 0.5) is 0 Å². The Morgan fingerprint density at radius 3 is 2.33 bits per heavy atom. The van der Waals surface area contributed by atoms with Crippen molar-refractivity contribution in [2.24, 2.45) is 0 Å². The SMILES string of the molecule is CCNC(=O)CNC(c1ccccc1)c1cccc(S(C)(=O)=O)c1. The Labute approximate surface area is 143 Å². The molecule has 0 aliphatic carbocycles. The summed E-state index contributed by atoms with van der Waals surface area (Å²) in [7, 11) is -3.29. The minimum atomic E-state index is -3.29. The maximum atomic E-state index is 11.8. The van der Waals surface area contributed by atoms with Crippen LogP contribution < -0.4 is 10.6 Å². The fourth-order valence-corrected chi connectivity index (χ4v) is 3.13. The van der Waals surface area contributed by atoms with Gasteiger partial charge in [0.05, 0.1) is 17.5 Å². The normalized spacial score (nSPS) is 12.6. The minimum Gasteiger partial charge on any atom is -0.355 e. The lowest BCUT2D eigenvalue weighted by Gasteiger charge is -2.20. The summed E-state index contributed by atoms with van der Waals surface area (Å²) in [6.07, 6.45) is 1.19. The first-order valence-electron chi connectivity index (χ1n) is 7.77. The lowest BCUT2D eigenvalue weighted by Crippen LogP contribution is -2.36. The number of amides is 1. The molecule has 2 aromatic rings. The fourth-order valence-electron chi connectivity index (χ4n) is 2.45. The van der Waals surface area contributed by atoms with E-state index in [0.29, 0.717) is 6.54 Å². The molecule has 1 unspecified atom stereocenters. The van der Waals surface area contributed by atoms with Crippen LogP contribution in [0.3, 0.4) is 0 Å². The average molecular weight is 346 g/mol. The molecule has 0 saturated heterocycles. The maximum absolute atomic E-state index is 11.8. The van der Waals surface area contributed by atoms with E-state index in [1.165, 1.54) is 6.26 Å². The topological polar surface area (TPSA) is 75.3 Å². The van der Waals surface area contributed by atoms with E-state index in [1.54, 1.807) is 18.2 Å². The van der Waals surface area contributed by atoms with Crippen LogP contribution in [-0.4, -0.2) is 33.7 Å². The molecule has 5 nitrogen and oxygen atoms in total. The lowest BCUT2D eigenvalue weighted by molar-refractivity contribution is -0.120. The number of sulfone groups is 1. The van der Waals surface area contributed by atoms with Crippen LogP contribution in [0.2, 0.25) is 0 Å². The van der Waals surface area contributed by atoms with Gasteiger partial charge in [0.2, 0.25) is 5.91 Å². The van der Waals surface area contributed by atoms with Gasteiger partial charge in [-0.1, -0.05) is 42.5 Å². The summed E-state index contributed by atoms with van der Waals surface area (Å²) in [5.74, 6) is -0.0994. The van der Waals surface area contributed by atoms with Crippen molar-refractivity contribution in [2.45, 2.75) is 17.9 Å². The number of nitrogens with one attached hydrogen (secondary N) is 2. The van der Waals surface area contributed by atoms with Gasteiger partial charge in [-0.25, -0.2) is 8.42 Å². The van der Waals surface area contributed by atoms with Crippen LogP contribution in [0.1, 0.15) is 24.1 Å². The van der Waals surface area contributed by atoms with Crippen LogP contribution in [0.25, 0.3) is 0 Å². The molecule has 6 heteroatoms. The van der Waals surface area contributed by atoms with Crippen molar-refractivity contribution >= 4 is 15.7 Å². The second-order valence-corrected chi connectivity index (χ2v) is 7.54. The van der Waals surface area contributed by atoms with E-state index < -0.39 is 9.84 Å². The Kier molecular flexibility index (Phi) is 6.11. The lowest BCUT2D eigenvalue weighted by atomic mass is 9.99. The van der Waals surface area contributed by atoms with E-state index in [4.69, 9.17) is 0 Å². The maximum Gasteiger partial charge on any atom is 0.233 e. The van der Waals surface area contributed by atoms with Gasteiger partial charge in [0.1, 0.15) is 0 Å². The molecule has 2 N–H and O–H groups in total. The molecule has 0 aliphatic heterocycles. The summed E-state index contributed by atoms with van der Waals surface area (Å²) >= 11 is 0. The average Bonchev–Trinajstić information content (AvgIpc) is 2.56. The molecule has 0 heterocycles. The summed E-state index contributed by atoms with van der Waals surface area (Å²) in [4.78, 5) is 12.0. The Morgan fingerprint density at radius 2 is 1.71 bits per heavy atom. The van der Waals surface area contributed by atoms with E-state index in [2.05, 4.69) is 10.6 Å². The van der Waals surface area contributed by atoms with Gasteiger partial charge in [-0.3, -0.25) is 10.1 Å². The summed E-state index contributed by atoms with van der Waals surface area (Å²) in [5.41, 5.74) is 1.76. The molecule has 2 rings (SSSR count). The number of hydrogen-bond acceptors (Lipinski definition) is 4. The van der Waals surface area contributed by atoms with Crippen molar-refractivity contribution in [3.63, 3.8) is 0 Å². The molecular formula is C18H22N2O3S. The van der Waals surface area contributed by atoms with Gasteiger partial charge in [0.25, 0.3) is 0 Å². The first-order valence-corrected chi connectivity index (χ1v) is 9.66. The number of rotatable bonds is 7. The molecular weight excluding hydrogens is 324 g/mol. The number of carbonyl (C=O) groups excluding carboxylic acids is 1. The summed E-state index contributed by atoms with van der Waals surface area (Å²) < 4.78 is 23.6. The van der Waals surface area contributed by atoms with E-state index in [1.807, 2.05) is 43.3 Å². The highest BCUT2D eigenvalue weighted by atomic mass is 32.2. The highest BCUT2D eigenvalue weighted by Crippen LogP contribution is 2.24. The Hall–Kier alpha value is -2.18. The van der Waals surface area contributed by atoms with Crippen LogP contribution in [0.15, 0.2) is 59.5 Å². The predicted molar refractivity (Wildman–Crippen MR) is 94.5 cm³/mol. The van der Waals surface area contributed by atoms with E-state index >= 15 is 0 Å². The Balaban J connectivity index is 2.34. The number of likely N-dealkylation sites (N-methyl/N-ethyl adjacent to an activating group) is 1. The van der Waals surface area contributed by atoms with Crippen LogP contribution in [0, 0.1) is 0 Å². The number of hydrogen-bond donors (Lipinski definition) is 2. The highest BCUT2D eigenvalue weighted by molar-refractivity contribution is 7.90. The third-order valence-electron chi connectivity index (χ3n) is 3.59. The fraction of sp³-hybridized carbons (Fsp3) is 0.278. The van der Waals surface area contributed by atoms with Crippen molar-refractivity contribution in [3.05, 3.63) is 65.7 Å². The largest absolute Gasteiger partial charge is 0.355 e. The zero-order chi connectivity index (χ0) is 17.6. The third kappa shape index (κ3) is 4.91. The van der Waals surface area contributed by atoms with Crippen LogP contribution >= 0.6 is 0 Å². The van der Waals surface area contributed by atoms with Gasteiger partial charge in [0, 0.05) is 12.8 Å². The highest BCUT2D eigenvalue weighted by Gasteiger charge is 2.17. The first-order chi connectivity index (χ1) is 11.4. The molecule has 0 aromatic heterocycles. The molecule has 0 bridgehead atoms. The molecule has 0 fully saturated rings. The minimum absolute atomic E-state index is 0.0994. The Bertz CT molecular complexity index is 789. The van der Waals surface area contributed by atoms with Crippen molar-refractivity contribution in [1.82, 2.24) is 10.6 Å². The summed E-state index contributed by atoms with van der Waals surface area (Å²) in [6.45, 7) is 2.58. The third-order valence-corrected chi connectivity index (χ3v) is 4.70. The van der Waals surface area contributed by atoms with E-state index in [0.717, 1.165) is 11.1 Å². The molecule has 2 aromatic carbocycles. The molecule has 0 saturated carbocycles.